The van der Waals surface area contributed by atoms with Gasteiger partial charge in [-0.25, -0.2) is 13.1 Å². The van der Waals surface area contributed by atoms with Crippen molar-refractivity contribution in [2.24, 2.45) is 0 Å². The molecular formula is C8H15N3O3S. The first kappa shape index (κ1) is 12.2. The lowest BCUT2D eigenvalue weighted by molar-refractivity contribution is 0.175. The number of aromatic amines is 1. The third-order valence-electron chi connectivity index (χ3n) is 1.83. The van der Waals surface area contributed by atoms with Crippen molar-refractivity contribution >= 4 is 10.0 Å². The van der Waals surface area contributed by atoms with E-state index >= 15 is 0 Å². The van der Waals surface area contributed by atoms with Crippen molar-refractivity contribution in [2.45, 2.75) is 37.3 Å². The van der Waals surface area contributed by atoms with E-state index < -0.39 is 16.1 Å². The van der Waals surface area contributed by atoms with Gasteiger partial charge in [-0.3, -0.25) is 5.10 Å². The summed E-state index contributed by atoms with van der Waals surface area (Å²) in [6.07, 6.45) is 2.37. The molecule has 7 heteroatoms. The third kappa shape index (κ3) is 3.61. The molecule has 0 bridgehead atoms. The van der Waals surface area contributed by atoms with E-state index in [1.165, 1.54) is 12.4 Å². The Labute approximate surface area is 88.8 Å². The molecule has 0 fully saturated rings. The highest BCUT2D eigenvalue weighted by molar-refractivity contribution is 7.89. The van der Waals surface area contributed by atoms with Gasteiger partial charge in [-0.1, -0.05) is 0 Å². The molecule has 1 rings (SSSR count). The first-order chi connectivity index (χ1) is 6.92. The highest BCUT2D eigenvalue weighted by Crippen LogP contribution is 2.07. The van der Waals surface area contributed by atoms with Gasteiger partial charge >= 0.3 is 0 Å². The number of rotatable bonds is 5. The van der Waals surface area contributed by atoms with E-state index in [-0.39, 0.29) is 10.9 Å². The molecule has 0 saturated heterocycles. The molecule has 2 atom stereocenters. The Balaban J connectivity index is 2.66. The van der Waals surface area contributed by atoms with E-state index in [1.54, 1.807) is 13.8 Å². The minimum absolute atomic E-state index is 0.0972. The molecule has 0 spiro atoms. The Morgan fingerprint density at radius 3 is 2.73 bits per heavy atom. The predicted molar refractivity (Wildman–Crippen MR) is 54.7 cm³/mol. The fourth-order valence-corrected chi connectivity index (χ4v) is 2.44. The average molecular weight is 233 g/mol. The van der Waals surface area contributed by atoms with Crippen molar-refractivity contribution in [3.05, 3.63) is 12.4 Å². The predicted octanol–water partition coefficient (Wildman–Crippen LogP) is -0.153. The van der Waals surface area contributed by atoms with Crippen molar-refractivity contribution in [1.29, 1.82) is 0 Å². The average Bonchev–Trinajstić information content (AvgIpc) is 2.51. The molecule has 0 aliphatic carbocycles. The number of hydrogen-bond acceptors (Lipinski definition) is 4. The zero-order valence-corrected chi connectivity index (χ0v) is 9.45. The lowest BCUT2D eigenvalue weighted by Crippen LogP contribution is -2.34. The number of aromatic nitrogens is 2. The zero-order valence-electron chi connectivity index (χ0n) is 8.64. The second-order valence-electron chi connectivity index (χ2n) is 3.54. The van der Waals surface area contributed by atoms with Gasteiger partial charge in [0.05, 0.1) is 12.3 Å². The van der Waals surface area contributed by atoms with E-state index in [2.05, 4.69) is 14.9 Å². The molecule has 0 aromatic carbocycles. The first-order valence-electron chi connectivity index (χ1n) is 4.61. The van der Waals surface area contributed by atoms with Crippen LogP contribution in [0.15, 0.2) is 17.3 Å². The van der Waals surface area contributed by atoms with Gasteiger partial charge in [0.1, 0.15) is 4.90 Å². The highest BCUT2D eigenvalue weighted by atomic mass is 32.2. The van der Waals surface area contributed by atoms with Crippen LogP contribution in [0.2, 0.25) is 0 Å². The maximum absolute atomic E-state index is 11.6. The number of H-pyrrole nitrogens is 1. The van der Waals surface area contributed by atoms with E-state index in [1.807, 2.05) is 0 Å². The topological polar surface area (TPSA) is 95.1 Å². The molecule has 3 N–H and O–H groups in total. The summed E-state index contributed by atoms with van der Waals surface area (Å²) >= 11 is 0. The summed E-state index contributed by atoms with van der Waals surface area (Å²) in [5.41, 5.74) is 0. The molecular weight excluding hydrogens is 218 g/mol. The summed E-state index contributed by atoms with van der Waals surface area (Å²) in [5, 5.41) is 15.1. The number of nitrogens with zero attached hydrogens (tertiary/aromatic N) is 1. The van der Waals surface area contributed by atoms with Crippen LogP contribution in [-0.2, 0) is 10.0 Å². The number of hydrogen-bond donors (Lipinski definition) is 3. The van der Waals surface area contributed by atoms with E-state index in [0.717, 1.165) is 0 Å². The molecule has 0 saturated carbocycles. The molecule has 0 radical (unpaired) electrons. The van der Waals surface area contributed by atoms with Gasteiger partial charge in [-0.2, -0.15) is 5.10 Å². The van der Waals surface area contributed by atoms with Gasteiger partial charge < -0.3 is 5.11 Å². The Morgan fingerprint density at radius 2 is 2.27 bits per heavy atom. The smallest absolute Gasteiger partial charge is 0.243 e. The summed E-state index contributed by atoms with van der Waals surface area (Å²) < 4.78 is 25.7. The van der Waals surface area contributed by atoms with Crippen LogP contribution >= 0.6 is 0 Å². The number of sulfonamides is 1. The van der Waals surface area contributed by atoms with E-state index in [0.29, 0.717) is 6.42 Å². The Morgan fingerprint density at radius 1 is 1.60 bits per heavy atom. The molecule has 1 heterocycles. The highest BCUT2D eigenvalue weighted by Gasteiger charge is 2.18. The van der Waals surface area contributed by atoms with Gasteiger partial charge in [0.25, 0.3) is 0 Å². The van der Waals surface area contributed by atoms with Crippen molar-refractivity contribution in [3.63, 3.8) is 0 Å². The van der Waals surface area contributed by atoms with Crippen LogP contribution in [-0.4, -0.2) is 35.9 Å². The van der Waals surface area contributed by atoms with Gasteiger partial charge in [-0.05, 0) is 20.3 Å². The molecule has 15 heavy (non-hydrogen) atoms. The lowest BCUT2D eigenvalue weighted by atomic mass is 10.2. The standard InChI is InChI=1S/C8H15N3O3S/c1-6(3-7(2)12)11-15(13,14)8-4-9-10-5-8/h4-7,11-12H,3H2,1-2H3,(H,9,10). The van der Waals surface area contributed by atoms with Gasteiger partial charge in [0.2, 0.25) is 10.0 Å². The van der Waals surface area contributed by atoms with Crippen molar-refractivity contribution in [1.82, 2.24) is 14.9 Å². The van der Waals surface area contributed by atoms with Crippen molar-refractivity contribution < 1.29 is 13.5 Å². The van der Waals surface area contributed by atoms with Crippen LogP contribution in [0.3, 0.4) is 0 Å². The minimum atomic E-state index is -3.52. The molecule has 0 aliphatic rings. The van der Waals surface area contributed by atoms with E-state index in [9.17, 15) is 8.42 Å². The number of nitrogens with one attached hydrogen (secondary N) is 2. The Kier molecular flexibility index (Phi) is 3.83. The minimum Gasteiger partial charge on any atom is -0.393 e. The quantitative estimate of drug-likeness (QED) is 0.659. The van der Waals surface area contributed by atoms with Gasteiger partial charge in [0, 0.05) is 12.2 Å². The Bertz CT molecular complexity index is 385. The summed E-state index contributed by atoms with van der Waals surface area (Å²) in [5.74, 6) is 0. The molecule has 1 aromatic rings. The van der Waals surface area contributed by atoms with Crippen LogP contribution in [0.25, 0.3) is 0 Å². The second-order valence-corrected chi connectivity index (χ2v) is 5.26. The van der Waals surface area contributed by atoms with Crippen LogP contribution in [0, 0.1) is 0 Å². The zero-order chi connectivity index (χ0) is 11.5. The largest absolute Gasteiger partial charge is 0.393 e. The third-order valence-corrected chi connectivity index (χ3v) is 3.39. The van der Waals surface area contributed by atoms with Crippen LogP contribution < -0.4 is 4.72 Å². The maximum Gasteiger partial charge on any atom is 0.243 e. The van der Waals surface area contributed by atoms with Crippen LogP contribution in [0.1, 0.15) is 20.3 Å². The Hall–Kier alpha value is -0.920. The summed E-state index contributed by atoms with van der Waals surface area (Å²) in [7, 11) is -3.52. The summed E-state index contributed by atoms with van der Waals surface area (Å²) in [6.45, 7) is 3.31. The monoisotopic (exact) mass is 233 g/mol. The lowest BCUT2D eigenvalue weighted by Gasteiger charge is -2.14. The fraction of sp³-hybridized carbons (Fsp3) is 0.625. The number of aliphatic hydroxyl groups is 1. The normalized spacial score (nSPS) is 16.2. The van der Waals surface area contributed by atoms with Gasteiger partial charge in [0.15, 0.2) is 0 Å². The molecule has 2 unspecified atom stereocenters. The van der Waals surface area contributed by atoms with Crippen molar-refractivity contribution in [3.8, 4) is 0 Å². The molecule has 1 aromatic heterocycles. The van der Waals surface area contributed by atoms with Crippen molar-refractivity contribution in [2.75, 3.05) is 0 Å². The van der Waals surface area contributed by atoms with Crippen LogP contribution in [0.4, 0.5) is 0 Å². The maximum atomic E-state index is 11.6. The van der Waals surface area contributed by atoms with E-state index in [4.69, 9.17) is 5.11 Å². The number of aliphatic hydroxyl groups excluding tert-OH is 1. The summed E-state index contributed by atoms with van der Waals surface area (Å²) in [4.78, 5) is 0.0972. The fourth-order valence-electron chi connectivity index (χ4n) is 1.28. The molecule has 6 nitrogen and oxygen atoms in total. The van der Waals surface area contributed by atoms with Crippen LogP contribution in [0.5, 0.6) is 0 Å². The van der Waals surface area contributed by atoms with Gasteiger partial charge in [-0.15, -0.1) is 0 Å². The molecule has 86 valence electrons. The molecule has 0 amide bonds. The SMILES string of the molecule is CC(O)CC(C)NS(=O)(=O)c1cn[nH]c1. The second kappa shape index (κ2) is 4.73. The molecule has 0 aliphatic heterocycles. The summed E-state index contributed by atoms with van der Waals surface area (Å²) in [6, 6.07) is -0.315. The first-order valence-corrected chi connectivity index (χ1v) is 6.09.